The fraction of sp³-hybridized carbons (Fsp3) is 0.400. The van der Waals surface area contributed by atoms with Crippen molar-refractivity contribution in [2.75, 3.05) is 33.9 Å². The standard InChI is InChI=1S/C25H28Cl2N4O4/c1-33-21-6-3-16(13-22(21)34-2)7-10-28-25(32)17-8-11-31(12-9-17)15-23-29-24(30-35-23)19-5-4-18(26)14-20(19)27/h3-6,13-14,17H,7-12,15H2,1-2H3,(H,28,32). The smallest absolute Gasteiger partial charge is 0.241 e. The van der Waals surface area contributed by atoms with Crippen LogP contribution in [-0.4, -0.2) is 54.8 Å². The molecule has 2 heterocycles. The maximum Gasteiger partial charge on any atom is 0.241 e. The van der Waals surface area contributed by atoms with E-state index in [1.54, 1.807) is 32.4 Å². The number of likely N-dealkylation sites (tertiary alicyclic amines) is 1. The van der Waals surface area contributed by atoms with Crippen molar-refractivity contribution >= 4 is 29.1 Å². The summed E-state index contributed by atoms with van der Waals surface area (Å²) in [4.78, 5) is 19.3. The van der Waals surface area contributed by atoms with Crippen LogP contribution < -0.4 is 14.8 Å². The molecular formula is C25H28Cl2N4O4. The average molecular weight is 519 g/mol. The molecule has 0 radical (unpaired) electrons. The Balaban J connectivity index is 1.22. The fourth-order valence-electron chi connectivity index (χ4n) is 4.15. The van der Waals surface area contributed by atoms with Gasteiger partial charge in [0.05, 0.1) is 25.8 Å². The second-order valence-corrected chi connectivity index (χ2v) is 9.26. The van der Waals surface area contributed by atoms with E-state index in [1.807, 2.05) is 18.2 Å². The van der Waals surface area contributed by atoms with Crippen LogP contribution in [0.2, 0.25) is 10.0 Å². The van der Waals surface area contributed by atoms with Gasteiger partial charge in [-0.15, -0.1) is 0 Å². The minimum atomic E-state index is 0.00257. The van der Waals surface area contributed by atoms with Crippen molar-refractivity contribution in [1.29, 1.82) is 0 Å². The first-order chi connectivity index (χ1) is 17.0. The highest BCUT2D eigenvalue weighted by Crippen LogP contribution is 2.29. The zero-order valence-corrected chi connectivity index (χ0v) is 21.2. The quantitative estimate of drug-likeness (QED) is 0.441. The number of rotatable bonds is 9. The summed E-state index contributed by atoms with van der Waals surface area (Å²) in [6.07, 6.45) is 2.29. The topological polar surface area (TPSA) is 89.7 Å². The van der Waals surface area contributed by atoms with Crippen LogP contribution >= 0.6 is 23.2 Å². The molecule has 0 aliphatic carbocycles. The third-order valence-corrected chi connectivity index (χ3v) is 6.67. The molecule has 1 saturated heterocycles. The second kappa shape index (κ2) is 11.7. The third-order valence-electron chi connectivity index (χ3n) is 6.12. The highest BCUT2D eigenvalue weighted by Gasteiger charge is 2.26. The predicted molar refractivity (Wildman–Crippen MR) is 134 cm³/mol. The summed E-state index contributed by atoms with van der Waals surface area (Å²) in [5.41, 5.74) is 1.76. The lowest BCUT2D eigenvalue weighted by Gasteiger charge is -2.30. The van der Waals surface area contributed by atoms with Crippen LogP contribution in [0.5, 0.6) is 11.5 Å². The fourth-order valence-corrected chi connectivity index (χ4v) is 4.65. The first kappa shape index (κ1) is 25.3. The normalized spacial score (nSPS) is 14.6. The van der Waals surface area contributed by atoms with Crippen molar-refractivity contribution in [1.82, 2.24) is 20.4 Å². The largest absolute Gasteiger partial charge is 0.493 e. The maximum absolute atomic E-state index is 12.7. The number of benzene rings is 2. The zero-order valence-electron chi connectivity index (χ0n) is 19.7. The number of piperidine rings is 1. The Morgan fingerprint density at radius 3 is 2.60 bits per heavy atom. The number of ether oxygens (including phenoxy) is 2. The molecule has 2 aromatic carbocycles. The van der Waals surface area contributed by atoms with Gasteiger partial charge in [0.25, 0.3) is 0 Å². The van der Waals surface area contributed by atoms with Crippen molar-refractivity contribution in [2.45, 2.75) is 25.8 Å². The number of carbonyl (C=O) groups excluding carboxylic acids is 1. The molecule has 8 nitrogen and oxygen atoms in total. The van der Waals surface area contributed by atoms with Crippen molar-refractivity contribution < 1.29 is 18.8 Å². The number of aromatic nitrogens is 2. The number of methoxy groups -OCH3 is 2. The number of hydrogen-bond acceptors (Lipinski definition) is 7. The highest BCUT2D eigenvalue weighted by atomic mass is 35.5. The Bertz CT molecular complexity index is 1160. The van der Waals surface area contributed by atoms with E-state index >= 15 is 0 Å². The van der Waals surface area contributed by atoms with Crippen LogP contribution in [-0.2, 0) is 17.8 Å². The van der Waals surface area contributed by atoms with Crippen molar-refractivity contribution in [3.63, 3.8) is 0 Å². The monoisotopic (exact) mass is 518 g/mol. The molecule has 0 saturated carbocycles. The van der Waals surface area contributed by atoms with Gasteiger partial charge < -0.3 is 19.3 Å². The van der Waals surface area contributed by atoms with Gasteiger partial charge in [-0.1, -0.05) is 34.4 Å². The van der Waals surface area contributed by atoms with Gasteiger partial charge in [0.2, 0.25) is 17.6 Å². The van der Waals surface area contributed by atoms with E-state index < -0.39 is 0 Å². The Labute approximate surface area is 214 Å². The van der Waals surface area contributed by atoms with E-state index in [4.69, 9.17) is 37.2 Å². The summed E-state index contributed by atoms with van der Waals surface area (Å²) in [6.45, 7) is 2.68. The first-order valence-electron chi connectivity index (χ1n) is 11.5. The number of nitrogens with zero attached hydrogens (tertiary/aromatic N) is 3. The summed E-state index contributed by atoms with van der Waals surface area (Å²) < 4.78 is 16.0. The number of carbonyl (C=O) groups is 1. The molecule has 0 bridgehead atoms. The van der Waals surface area contributed by atoms with Crippen LogP contribution in [0.25, 0.3) is 11.4 Å². The lowest BCUT2D eigenvalue weighted by molar-refractivity contribution is -0.126. The Morgan fingerprint density at radius 1 is 1.11 bits per heavy atom. The van der Waals surface area contributed by atoms with Crippen LogP contribution in [0.4, 0.5) is 0 Å². The molecule has 1 aliphatic rings. The number of hydrogen-bond donors (Lipinski definition) is 1. The Kier molecular flexibility index (Phi) is 8.49. The van der Waals surface area contributed by atoms with Gasteiger partial charge in [-0.05, 0) is 68.2 Å². The molecule has 0 unspecified atom stereocenters. The third kappa shape index (κ3) is 6.45. The minimum Gasteiger partial charge on any atom is -0.493 e. The summed E-state index contributed by atoms with van der Waals surface area (Å²) >= 11 is 12.2. The molecule has 3 aromatic rings. The number of amides is 1. The number of nitrogens with one attached hydrogen (secondary N) is 1. The summed E-state index contributed by atoms with van der Waals surface area (Å²) in [6, 6.07) is 11.0. The Hall–Kier alpha value is -2.81. The average Bonchev–Trinajstić information content (AvgIpc) is 3.32. The van der Waals surface area contributed by atoms with Gasteiger partial charge in [0, 0.05) is 23.0 Å². The van der Waals surface area contributed by atoms with E-state index in [0.717, 1.165) is 37.9 Å². The summed E-state index contributed by atoms with van der Waals surface area (Å²) in [5, 5.41) is 8.14. The van der Waals surface area contributed by atoms with Gasteiger partial charge in [-0.25, -0.2) is 0 Å². The highest BCUT2D eigenvalue weighted by molar-refractivity contribution is 6.36. The molecule has 1 amide bonds. The molecule has 1 N–H and O–H groups in total. The van der Waals surface area contributed by atoms with Crippen molar-refractivity contribution in [3.05, 3.63) is 57.9 Å². The molecule has 4 rings (SSSR count). The zero-order chi connectivity index (χ0) is 24.8. The van der Waals surface area contributed by atoms with Gasteiger partial charge >= 0.3 is 0 Å². The van der Waals surface area contributed by atoms with Crippen LogP contribution in [0, 0.1) is 5.92 Å². The van der Waals surface area contributed by atoms with Crippen LogP contribution in [0.15, 0.2) is 40.9 Å². The molecule has 186 valence electrons. The molecule has 10 heteroatoms. The predicted octanol–water partition coefficient (Wildman–Crippen LogP) is 4.63. The van der Waals surface area contributed by atoms with Gasteiger partial charge in [-0.2, -0.15) is 4.98 Å². The molecule has 1 fully saturated rings. The first-order valence-corrected chi connectivity index (χ1v) is 12.2. The minimum absolute atomic E-state index is 0.00257. The molecule has 0 spiro atoms. The van der Waals surface area contributed by atoms with Gasteiger partial charge in [0.1, 0.15) is 0 Å². The van der Waals surface area contributed by atoms with E-state index in [9.17, 15) is 4.79 Å². The van der Waals surface area contributed by atoms with Gasteiger partial charge in [-0.3, -0.25) is 9.69 Å². The van der Waals surface area contributed by atoms with E-state index in [0.29, 0.717) is 51.9 Å². The van der Waals surface area contributed by atoms with Crippen molar-refractivity contribution in [3.8, 4) is 22.9 Å². The lowest BCUT2D eigenvalue weighted by atomic mass is 9.96. The van der Waals surface area contributed by atoms with E-state index in [1.165, 1.54) is 0 Å². The van der Waals surface area contributed by atoms with E-state index in [-0.39, 0.29) is 11.8 Å². The van der Waals surface area contributed by atoms with Crippen molar-refractivity contribution in [2.24, 2.45) is 5.92 Å². The Morgan fingerprint density at radius 2 is 1.89 bits per heavy atom. The van der Waals surface area contributed by atoms with Crippen LogP contribution in [0.1, 0.15) is 24.3 Å². The van der Waals surface area contributed by atoms with E-state index in [2.05, 4.69) is 20.4 Å². The lowest BCUT2D eigenvalue weighted by Crippen LogP contribution is -2.40. The summed E-state index contributed by atoms with van der Waals surface area (Å²) in [7, 11) is 3.22. The molecule has 0 atom stereocenters. The summed E-state index contributed by atoms with van der Waals surface area (Å²) in [5.74, 6) is 2.44. The van der Waals surface area contributed by atoms with Gasteiger partial charge in [0.15, 0.2) is 11.5 Å². The molecule has 35 heavy (non-hydrogen) atoms. The molecule has 1 aliphatic heterocycles. The molecular weight excluding hydrogens is 491 g/mol. The number of halogens is 2. The SMILES string of the molecule is COc1ccc(CCNC(=O)C2CCN(Cc3nc(-c4ccc(Cl)cc4Cl)no3)CC2)cc1OC. The molecule has 1 aromatic heterocycles. The second-order valence-electron chi connectivity index (χ2n) is 8.42. The van der Waals surface area contributed by atoms with Crippen LogP contribution in [0.3, 0.4) is 0 Å². The maximum atomic E-state index is 12.7.